The number of nitrogens with one attached hydrogen (secondary N) is 1. The Morgan fingerprint density at radius 2 is 2.21 bits per heavy atom. The molecule has 1 unspecified atom stereocenters. The molecule has 1 rings (SSSR count). The van der Waals surface area contributed by atoms with Gasteiger partial charge in [-0.05, 0) is 31.2 Å². The van der Waals surface area contributed by atoms with Crippen LogP contribution in [0.4, 0.5) is 0 Å². The van der Waals surface area contributed by atoms with E-state index in [1.807, 2.05) is 0 Å². The van der Waals surface area contributed by atoms with E-state index in [2.05, 4.69) is 18.6 Å². The molecule has 6 nitrogen and oxygen atoms in total. The number of hydrogen-bond acceptors (Lipinski definition) is 4. The molecule has 0 aromatic carbocycles. The fourth-order valence-corrected chi connectivity index (χ4v) is 3.39. The lowest BCUT2D eigenvalue weighted by Gasteiger charge is -2.31. The Hall–Kier alpha value is -0.210. The third-order valence-corrected chi connectivity index (χ3v) is 4.72. The molecule has 0 aromatic heterocycles. The molecular weight excluding hydrogens is 266 g/mol. The van der Waals surface area contributed by atoms with E-state index in [0.717, 1.165) is 12.8 Å². The third kappa shape index (κ3) is 6.18. The number of nitrogens with zero attached hydrogens (tertiary/aromatic N) is 1. The summed E-state index contributed by atoms with van der Waals surface area (Å²) in [7, 11) is -3.38. The lowest BCUT2D eigenvalue weighted by atomic mass is 10.0. The SMILES string of the molecule is CC(C)COCCNS(=O)(=O)N1CCCC(CN)C1. The second-order valence-electron chi connectivity index (χ2n) is 5.47. The smallest absolute Gasteiger partial charge is 0.279 e. The predicted octanol–water partition coefficient (Wildman–Crippen LogP) is 0.164. The van der Waals surface area contributed by atoms with Crippen LogP contribution in [0.5, 0.6) is 0 Å². The predicted molar refractivity (Wildman–Crippen MR) is 75.9 cm³/mol. The van der Waals surface area contributed by atoms with Crippen LogP contribution in [0.3, 0.4) is 0 Å². The zero-order valence-electron chi connectivity index (χ0n) is 12.0. The lowest BCUT2D eigenvalue weighted by Crippen LogP contribution is -2.47. The summed E-state index contributed by atoms with van der Waals surface area (Å²) < 4.78 is 33.6. The van der Waals surface area contributed by atoms with Gasteiger partial charge in [0, 0.05) is 26.2 Å². The largest absolute Gasteiger partial charge is 0.380 e. The summed E-state index contributed by atoms with van der Waals surface area (Å²) in [6.45, 7) is 7.15. The minimum Gasteiger partial charge on any atom is -0.380 e. The van der Waals surface area contributed by atoms with E-state index in [0.29, 0.717) is 45.3 Å². The Morgan fingerprint density at radius 3 is 2.84 bits per heavy atom. The van der Waals surface area contributed by atoms with Crippen molar-refractivity contribution in [2.75, 3.05) is 39.4 Å². The van der Waals surface area contributed by atoms with Crippen molar-refractivity contribution in [3.05, 3.63) is 0 Å². The molecule has 1 aliphatic rings. The van der Waals surface area contributed by atoms with E-state index in [1.165, 1.54) is 4.31 Å². The van der Waals surface area contributed by atoms with Crippen molar-refractivity contribution in [3.63, 3.8) is 0 Å². The Labute approximate surface area is 116 Å². The standard InChI is InChI=1S/C12H27N3O3S/c1-11(2)10-18-7-5-14-19(16,17)15-6-3-4-12(8-13)9-15/h11-12,14H,3-10,13H2,1-2H3. The van der Waals surface area contributed by atoms with Gasteiger partial charge in [-0.15, -0.1) is 0 Å². The molecule has 1 heterocycles. The van der Waals surface area contributed by atoms with Gasteiger partial charge < -0.3 is 10.5 Å². The van der Waals surface area contributed by atoms with Crippen LogP contribution in [0.25, 0.3) is 0 Å². The van der Waals surface area contributed by atoms with E-state index in [1.54, 1.807) is 0 Å². The highest BCUT2D eigenvalue weighted by Crippen LogP contribution is 2.17. The molecule has 0 saturated carbocycles. The van der Waals surface area contributed by atoms with Gasteiger partial charge in [-0.3, -0.25) is 0 Å². The minimum atomic E-state index is -3.38. The van der Waals surface area contributed by atoms with Crippen LogP contribution in [-0.4, -0.2) is 52.1 Å². The molecule has 0 radical (unpaired) electrons. The molecule has 1 fully saturated rings. The molecule has 1 aliphatic heterocycles. The maximum Gasteiger partial charge on any atom is 0.279 e. The van der Waals surface area contributed by atoms with Gasteiger partial charge in [0.05, 0.1) is 6.61 Å². The normalized spacial score (nSPS) is 22.0. The van der Waals surface area contributed by atoms with Crippen LogP contribution in [0.2, 0.25) is 0 Å². The van der Waals surface area contributed by atoms with Crippen LogP contribution >= 0.6 is 0 Å². The monoisotopic (exact) mass is 293 g/mol. The van der Waals surface area contributed by atoms with E-state index in [9.17, 15) is 8.42 Å². The van der Waals surface area contributed by atoms with Gasteiger partial charge in [-0.1, -0.05) is 13.8 Å². The summed E-state index contributed by atoms with van der Waals surface area (Å²) >= 11 is 0. The molecule has 0 bridgehead atoms. The molecule has 7 heteroatoms. The molecule has 1 atom stereocenters. The van der Waals surface area contributed by atoms with Crippen molar-refractivity contribution < 1.29 is 13.2 Å². The van der Waals surface area contributed by atoms with Crippen molar-refractivity contribution in [3.8, 4) is 0 Å². The Morgan fingerprint density at radius 1 is 1.47 bits per heavy atom. The van der Waals surface area contributed by atoms with Gasteiger partial charge in [-0.2, -0.15) is 17.4 Å². The fourth-order valence-electron chi connectivity index (χ4n) is 2.09. The lowest BCUT2D eigenvalue weighted by molar-refractivity contribution is 0.114. The van der Waals surface area contributed by atoms with Crippen LogP contribution in [0.15, 0.2) is 0 Å². The third-order valence-electron chi connectivity index (χ3n) is 3.14. The Kier molecular flexibility index (Phi) is 7.23. The summed E-state index contributed by atoms with van der Waals surface area (Å²) in [5.41, 5.74) is 5.61. The van der Waals surface area contributed by atoms with E-state index >= 15 is 0 Å². The number of rotatable bonds is 8. The molecule has 3 N–H and O–H groups in total. The van der Waals surface area contributed by atoms with Gasteiger partial charge in [0.15, 0.2) is 0 Å². The van der Waals surface area contributed by atoms with E-state index in [4.69, 9.17) is 10.5 Å². The zero-order chi connectivity index (χ0) is 14.3. The second kappa shape index (κ2) is 8.16. The van der Waals surface area contributed by atoms with Crippen LogP contribution < -0.4 is 10.5 Å². The van der Waals surface area contributed by atoms with E-state index in [-0.39, 0.29) is 5.92 Å². The topological polar surface area (TPSA) is 84.7 Å². The first-order chi connectivity index (χ1) is 8.95. The van der Waals surface area contributed by atoms with Crippen molar-refractivity contribution in [1.29, 1.82) is 0 Å². The number of piperidine rings is 1. The van der Waals surface area contributed by atoms with Crippen LogP contribution in [-0.2, 0) is 14.9 Å². The fraction of sp³-hybridized carbons (Fsp3) is 1.00. The number of hydrogen-bond donors (Lipinski definition) is 2. The first-order valence-corrected chi connectivity index (χ1v) is 8.42. The van der Waals surface area contributed by atoms with Gasteiger partial charge in [0.2, 0.25) is 0 Å². The van der Waals surface area contributed by atoms with Gasteiger partial charge in [0.1, 0.15) is 0 Å². The summed E-state index contributed by atoms with van der Waals surface area (Å²) in [6, 6.07) is 0. The highest BCUT2D eigenvalue weighted by Gasteiger charge is 2.27. The van der Waals surface area contributed by atoms with Crippen molar-refractivity contribution in [1.82, 2.24) is 9.03 Å². The maximum atomic E-state index is 12.1. The highest BCUT2D eigenvalue weighted by molar-refractivity contribution is 7.87. The zero-order valence-corrected chi connectivity index (χ0v) is 12.8. The summed E-state index contributed by atoms with van der Waals surface area (Å²) in [4.78, 5) is 0. The highest BCUT2D eigenvalue weighted by atomic mass is 32.2. The summed E-state index contributed by atoms with van der Waals surface area (Å²) in [5, 5.41) is 0. The minimum absolute atomic E-state index is 0.280. The summed E-state index contributed by atoms with van der Waals surface area (Å²) in [5.74, 6) is 0.742. The maximum absolute atomic E-state index is 12.1. The first kappa shape index (κ1) is 16.8. The molecule has 0 spiro atoms. The first-order valence-electron chi connectivity index (χ1n) is 6.98. The van der Waals surface area contributed by atoms with Gasteiger partial charge >= 0.3 is 0 Å². The van der Waals surface area contributed by atoms with Crippen molar-refractivity contribution >= 4 is 10.2 Å². The number of ether oxygens (including phenoxy) is 1. The van der Waals surface area contributed by atoms with Crippen molar-refractivity contribution in [2.45, 2.75) is 26.7 Å². The molecular formula is C12H27N3O3S. The quantitative estimate of drug-likeness (QED) is 0.625. The molecule has 0 amide bonds. The molecule has 0 aliphatic carbocycles. The Balaban J connectivity index is 2.30. The molecule has 1 saturated heterocycles. The number of nitrogens with two attached hydrogens (primary N) is 1. The van der Waals surface area contributed by atoms with E-state index < -0.39 is 10.2 Å². The second-order valence-corrected chi connectivity index (χ2v) is 7.23. The average Bonchev–Trinajstić information content (AvgIpc) is 2.38. The average molecular weight is 293 g/mol. The molecule has 114 valence electrons. The molecule has 0 aromatic rings. The van der Waals surface area contributed by atoms with Crippen molar-refractivity contribution in [2.24, 2.45) is 17.6 Å². The van der Waals surface area contributed by atoms with Crippen LogP contribution in [0.1, 0.15) is 26.7 Å². The summed E-state index contributed by atoms with van der Waals surface area (Å²) in [6.07, 6.45) is 1.90. The van der Waals surface area contributed by atoms with Crippen LogP contribution in [0, 0.1) is 11.8 Å². The van der Waals surface area contributed by atoms with Gasteiger partial charge in [-0.25, -0.2) is 0 Å². The molecule has 19 heavy (non-hydrogen) atoms. The van der Waals surface area contributed by atoms with Gasteiger partial charge in [0.25, 0.3) is 10.2 Å². The Bertz CT molecular complexity index is 346.